The summed E-state index contributed by atoms with van der Waals surface area (Å²) >= 11 is 0. The first-order chi connectivity index (χ1) is 12.6. The number of unbranched alkanes of at least 4 members (excludes halogenated alkanes) is 1. The van der Waals surface area contributed by atoms with Crippen molar-refractivity contribution in [1.82, 2.24) is 9.88 Å². The summed E-state index contributed by atoms with van der Waals surface area (Å²) in [6.45, 7) is 9.33. The largest absolute Gasteiger partial charge is 0.370 e. The molecular formula is C21H32BN4. The maximum absolute atomic E-state index is 8.93. The van der Waals surface area contributed by atoms with Gasteiger partial charge in [0.05, 0.1) is 0 Å². The van der Waals surface area contributed by atoms with Crippen LogP contribution in [-0.4, -0.2) is 43.8 Å². The van der Waals surface area contributed by atoms with Crippen molar-refractivity contribution in [3.63, 3.8) is 0 Å². The predicted molar refractivity (Wildman–Crippen MR) is 111 cm³/mol. The fourth-order valence-corrected chi connectivity index (χ4v) is 3.42. The number of aromatic nitrogens is 1. The van der Waals surface area contributed by atoms with Gasteiger partial charge in [-0.25, -0.2) is 10.2 Å². The van der Waals surface area contributed by atoms with Gasteiger partial charge in [0.1, 0.15) is 5.82 Å². The Morgan fingerprint density at radius 1 is 1.42 bits per heavy atom. The fourth-order valence-electron chi connectivity index (χ4n) is 3.42. The molecule has 0 amide bonds. The van der Waals surface area contributed by atoms with E-state index in [1.807, 2.05) is 0 Å². The molecule has 1 atom stereocenters. The number of pyridine rings is 1. The topological polar surface area (TPSA) is 52.0 Å². The average Bonchev–Trinajstić information content (AvgIpc) is 2.67. The highest BCUT2D eigenvalue weighted by molar-refractivity contribution is 6.47. The number of hydrogen-bond acceptors (Lipinski definition) is 4. The molecule has 0 aromatic carbocycles. The molecule has 0 aliphatic carbocycles. The normalized spacial score (nSPS) is 14.2. The zero-order valence-electron chi connectivity index (χ0n) is 16.4. The number of rotatable bonds is 11. The minimum absolute atomic E-state index is 0.222. The van der Waals surface area contributed by atoms with Crippen LogP contribution < -0.4 is 5.32 Å². The number of aryl methyl sites for hydroxylation is 2. The van der Waals surface area contributed by atoms with E-state index < -0.39 is 0 Å². The Morgan fingerprint density at radius 2 is 2.27 bits per heavy atom. The molecule has 0 saturated heterocycles. The van der Waals surface area contributed by atoms with Crippen LogP contribution in [-0.2, 0) is 12.8 Å². The number of fused-ring (bicyclic) bond motifs is 1. The Kier molecular flexibility index (Phi) is 8.70. The number of nitrogens with one attached hydrogen (secondary N) is 1. The van der Waals surface area contributed by atoms with Gasteiger partial charge in [-0.05, 0) is 88.5 Å². The zero-order chi connectivity index (χ0) is 18.8. The second-order valence-electron chi connectivity index (χ2n) is 7.30. The van der Waals surface area contributed by atoms with Crippen LogP contribution in [0, 0.1) is 11.2 Å². The molecule has 1 radical (unpaired) electrons. The lowest BCUT2D eigenvalue weighted by atomic mass is 9.61. The van der Waals surface area contributed by atoms with E-state index in [0.29, 0.717) is 0 Å². The van der Waals surface area contributed by atoms with Gasteiger partial charge < -0.3 is 10.2 Å². The summed E-state index contributed by atoms with van der Waals surface area (Å²) in [6.07, 6.45) is 7.65. The van der Waals surface area contributed by atoms with E-state index in [1.54, 1.807) is 7.28 Å². The summed E-state index contributed by atoms with van der Waals surface area (Å²) in [6, 6.07) is 4.43. The van der Waals surface area contributed by atoms with Gasteiger partial charge in [0.15, 0.2) is 0 Å². The van der Waals surface area contributed by atoms with Crippen LogP contribution in [0.15, 0.2) is 24.3 Å². The molecule has 0 fully saturated rings. The lowest BCUT2D eigenvalue weighted by Gasteiger charge is -2.21. The van der Waals surface area contributed by atoms with Crippen molar-refractivity contribution in [3.8, 4) is 5.97 Å². The van der Waals surface area contributed by atoms with E-state index in [1.165, 1.54) is 24.1 Å². The first-order valence-corrected chi connectivity index (χ1v) is 9.95. The molecule has 0 bridgehead atoms. The molecule has 1 aromatic rings. The minimum atomic E-state index is 0.222. The van der Waals surface area contributed by atoms with Crippen LogP contribution in [0.1, 0.15) is 50.3 Å². The molecule has 1 aliphatic rings. The third-order valence-electron chi connectivity index (χ3n) is 5.25. The van der Waals surface area contributed by atoms with Gasteiger partial charge in [0.25, 0.3) is 7.28 Å². The lowest BCUT2D eigenvalue weighted by molar-refractivity contribution is 0.321. The summed E-state index contributed by atoms with van der Waals surface area (Å²) in [5, 5.41) is 12.3. The highest BCUT2D eigenvalue weighted by Crippen LogP contribution is 2.22. The number of anilines is 1. The van der Waals surface area contributed by atoms with Gasteiger partial charge in [0.2, 0.25) is 0 Å². The summed E-state index contributed by atoms with van der Waals surface area (Å²) in [5.74, 6) is 3.50. The quantitative estimate of drug-likeness (QED) is 0.372. The van der Waals surface area contributed by atoms with E-state index in [0.717, 1.165) is 63.1 Å². The Balaban J connectivity index is 1.66. The van der Waals surface area contributed by atoms with E-state index in [-0.39, 0.29) is 5.82 Å². The van der Waals surface area contributed by atoms with Crippen LogP contribution >= 0.6 is 0 Å². The molecule has 1 N–H and O–H groups in total. The Morgan fingerprint density at radius 3 is 3.04 bits per heavy atom. The van der Waals surface area contributed by atoms with Gasteiger partial charge in [-0.3, -0.25) is 0 Å². The average molecular weight is 351 g/mol. The maximum atomic E-state index is 8.93. The van der Waals surface area contributed by atoms with Crippen LogP contribution in [0.2, 0.25) is 5.82 Å². The Labute approximate surface area is 159 Å². The molecule has 1 aliphatic heterocycles. The van der Waals surface area contributed by atoms with Gasteiger partial charge in [0, 0.05) is 12.2 Å². The maximum Gasteiger partial charge on any atom is 0.262 e. The third-order valence-corrected chi connectivity index (χ3v) is 5.25. The molecule has 5 heteroatoms. The van der Waals surface area contributed by atoms with Gasteiger partial charge in [-0.15, -0.1) is 6.58 Å². The summed E-state index contributed by atoms with van der Waals surface area (Å²) in [5.41, 5.74) is 3.72. The molecule has 2 rings (SSSR count). The molecule has 26 heavy (non-hydrogen) atoms. The van der Waals surface area contributed by atoms with Crippen LogP contribution in [0.5, 0.6) is 0 Å². The monoisotopic (exact) mass is 351 g/mol. The summed E-state index contributed by atoms with van der Waals surface area (Å²) in [7, 11) is 3.90. The lowest BCUT2D eigenvalue weighted by Crippen LogP contribution is -2.23. The summed E-state index contributed by atoms with van der Waals surface area (Å²) in [4.78, 5) is 7.13. The molecule has 1 aromatic heterocycles. The highest BCUT2D eigenvalue weighted by atomic mass is 15.1. The molecule has 1 unspecified atom stereocenters. The third kappa shape index (κ3) is 6.50. The van der Waals surface area contributed by atoms with Crippen LogP contribution in [0.25, 0.3) is 0 Å². The van der Waals surface area contributed by atoms with Crippen molar-refractivity contribution in [1.29, 1.82) is 5.26 Å². The molecule has 2 heterocycles. The van der Waals surface area contributed by atoms with E-state index in [9.17, 15) is 0 Å². The van der Waals surface area contributed by atoms with Gasteiger partial charge in [-0.1, -0.05) is 18.6 Å². The smallest absolute Gasteiger partial charge is 0.262 e. The van der Waals surface area contributed by atoms with Gasteiger partial charge in [-0.2, -0.15) is 0 Å². The number of allylic oxidation sites excluding steroid dienone is 1. The predicted octanol–water partition coefficient (Wildman–Crippen LogP) is 4.02. The zero-order valence-corrected chi connectivity index (χ0v) is 16.4. The molecule has 0 saturated carbocycles. The Hall–Kier alpha value is -1.80. The van der Waals surface area contributed by atoms with Crippen molar-refractivity contribution < 1.29 is 0 Å². The number of nitriles is 1. The van der Waals surface area contributed by atoms with Crippen molar-refractivity contribution in [2.75, 3.05) is 32.0 Å². The molecule has 0 spiro atoms. The van der Waals surface area contributed by atoms with E-state index >= 15 is 0 Å². The SMILES string of the molecule is C=C(CC)C([B]C#N)CCN(C)CCCCc1ccc2c(n1)NCCC2. The second kappa shape index (κ2) is 11.0. The van der Waals surface area contributed by atoms with Crippen LogP contribution in [0.3, 0.4) is 0 Å². The first-order valence-electron chi connectivity index (χ1n) is 9.95. The number of nitrogens with zero attached hydrogens (tertiary/aromatic N) is 3. The summed E-state index contributed by atoms with van der Waals surface area (Å²) < 4.78 is 0. The Bertz CT molecular complexity index is 623. The molecule has 4 nitrogen and oxygen atoms in total. The van der Waals surface area contributed by atoms with Crippen molar-refractivity contribution >= 4 is 13.1 Å². The minimum Gasteiger partial charge on any atom is -0.370 e. The highest BCUT2D eigenvalue weighted by Gasteiger charge is 2.14. The van der Waals surface area contributed by atoms with Crippen molar-refractivity contribution in [3.05, 3.63) is 35.5 Å². The van der Waals surface area contributed by atoms with Crippen molar-refractivity contribution in [2.45, 2.75) is 57.7 Å². The van der Waals surface area contributed by atoms with Crippen molar-refractivity contribution in [2.24, 2.45) is 0 Å². The van der Waals surface area contributed by atoms with E-state index in [2.05, 4.69) is 48.9 Å². The second-order valence-corrected chi connectivity index (χ2v) is 7.30. The molecule has 139 valence electrons. The standard InChI is InChI=1S/C21H32BN4/c1-4-17(2)20(22-16-23)12-15-26(3)14-6-5-9-19-11-10-18-8-7-13-24-21(18)25-19/h10-11,20H,2,4-9,12-15H2,1,3H3,(H,24,25). The van der Waals surface area contributed by atoms with E-state index in [4.69, 9.17) is 10.2 Å². The van der Waals surface area contributed by atoms with Gasteiger partial charge >= 0.3 is 0 Å². The fraction of sp³-hybridized carbons (Fsp3) is 0.619. The first kappa shape index (κ1) is 20.5. The number of hydrogen-bond donors (Lipinski definition) is 1. The molecular weight excluding hydrogens is 319 g/mol. The van der Waals surface area contributed by atoms with Crippen LogP contribution in [0.4, 0.5) is 5.82 Å².